The Morgan fingerprint density at radius 3 is 2.39 bits per heavy atom. The van der Waals surface area contributed by atoms with Gasteiger partial charge in [0.2, 0.25) is 5.91 Å². The number of nitrogens with zero attached hydrogens (tertiary/aromatic N) is 3. The number of anilines is 3. The van der Waals surface area contributed by atoms with Crippen LogP contribution in [0.2, 0.25) is 0 Å². The second kappa shape index (κ2) is 8.74. The van der Waals surface area contributed by atoms with Gasteiger partial charge in [-0.05, 0) is 62.4 Å². The lowest BCUT2D eigenvalue weighted by atomic mass is 10.2. The van der Waals surface area contributed by atoms with Crippen molar-refractivity contribution in [3.8, 4) is 11.7 Å². The van der Waals surface area contributed by atoms with Crippen LogP contribution in [0.1, 0.15) is 13.8 Å². The van der Waals surface area contributed by atoms with Gasteiger partial charge in [-0.1, -0.05) is 18.2 Å². The molecule has 0 spiro atoms. The number of para-hydroxylation sites is 1. The zero-order valence-corrected chi connectivity index (χ0v) is 17.2. The molecule has 0 saturated heterocycles. The third kappa shape index (κ3) is 4.58. The second-order valence-electron chi connectivity index (χ2n) is 7.20. The highest BCUT2D eigenvalue weighted by Gasteiger charge is 2.22. The number of carbonyl (C=O) groups is 1. The third-order valence-corrected chi connectivity index (χ3v) is 4.62. The van der Waals surface area contributed by atoms with Crippen molar-refractivity contribution in [3.63, 3.8) is 0 Å². The number of nitrogens with one attached hydrogen (secondary N) is 1. The summed E-state index contributed by atoms with van der Waals surface area (Å²) < 4.78 is 11.3. The molecule has 2 aromatic carbocycles. The molecular formula is C23H22N4O4. The first-order valence-electron chi connectivity index (χ1n) is 9.87. The summed E-state index contributed by atoms with van der Waals surface area (Å²) in [4.78, 5) is 26.8. The van der Waals surface area contributed by atoms with E-state index in [0.717, 1.165) is 21.7 Å². The molecule has 4 rings (SSSR count). The van der Waals surface area contributed by atoms with Crippen LogP contribution in [0.15, 0.2) is 86.6 Å². The highest BCUT2D eigenvalue weighted by Crippen LogP contribution is 2.23. The van der Waals surface area contributed by atoms with Gasteiger partial charge >= 0.3 is 5.76 Å². The summed E-state index contributed by atoms with van der Waals surface area (Å²) in [5.74, 6) is -0.633. The topological polar surface area (TPSA) is 93.5 Å². The Bertz CT molecular complexity index is 1190. The Hall–Kier alpha value is -4.07. The van der Waals surface area contributed by atoms with Crippen LogP contribution in [0.3, 0.4) is 0 Å². The van der Waals surface area contributed by atoms with Gasteiger partial charge in [0.05, 0.1) is 6.26 Å². The number of hydrogen-bond acceptors (Lipinski definition) is 6. The van der Waals surface area contributed by atoms with Crippen molar-refractivity contribution >= 4 is 23.0 Å². The van der Waals surface area contributed by atoms with Crippen LogP contribution in [0.5, 0.6) is 0 Å². The summed E-state index contributed by atoms with van der Waals surface area (Å²) in [5.41, 5.74) is 2.60. The Morgan fingerprint density at radius 1 is 1.03 bits per heavy atom. The van der Waals surface area contributed by atoms with Gasteiger partial charge in [-0.25, -0.2) is 4.79 Å². The normalized spacial score (nSPS) is 10.9. The Labute approximate surface area is 178 Å². The van der Waals surface area contributed by atoms with Crippen molar-refractivity contribution in [1.29, 1.82) is 0 Å². The SMILES string of the molecule is CC(C)N(C(=O)Cn1nc(-c2ccco2)oc1=O)c1ccc(Nc2ccccc2)cc1. The van der Waals surface area contributed by atoms with Crippen molar-refractivity contribution in [2.24, 2.45) is 0 Å². The maximum Gasteiger partial charge on any atom is 0.437 e. The number of rotatable bonds is 7. The van der Waals surface area contributed by atoms with E-state index in [-0.39, 0.29) is 24.4 Å². The molecule has 1 N–H and O–H groups in total. The molecule has 1 amide bonds. The van der Waals surface area contributed by atoms with Crippen molar-refractivity contribution in [3.05, 3.63) is 83.5 Å². The average Bonchev–Trinajstić information content (AvgIpc) is 3.40. The van der Waals surface area contributed by atoms with E-state index >= 15 is 0 Å². The summed E-state index contributed by atoms with van der Waals surface area (Å²) in [6.07, 6.45) is 1.45. The molecule has 0 fully saturated rings. The predicted molar refractivity (Wildman–Crippen MR) is 117 cm³/mol. The fourth-order valence-corrected chi connectivity index (χ4v) is 3.23. The molecule has 0 bridgehead atoms. The van der Waals surface area contributed by atoms with Crippen molar-refractivity contribution in [2.75, 3.05) is 10.2 Å². The van der Waals surface area contributed by atoms with Crippen molar-refractivity contribution in [1.82, 2.24) is 9.78 Å². The van der Waals surface area contributed by atoms with Crippen LogP contribution in [0.4, 0.5) is 17.1 Å². The van der Waals surface area contributed by atoms with Crippen molar-refractivity contribution < 1.29 is 13.6 Å². The van der Waals surface area contributed by atoms with Gasteiger partial charge in [-0.15, -0.1) is 5.10 Å². The van der Waals surface area contributed by atoms with E-state index in [2.05, 4.69) is 10.4 Å². The molecule has 8 heteroatoms. The molecule has 0 atom stereocenters. The van der Waals surface area contributed by atoms with Crippen LogP contribution in [0.25, 0.3) is 11.7 Å². The summed E-state index contributed by atoms with van der Waals surface area (Å²) in [6.45, 7) is 3.58. The third-order valence-electron chi connectivity index (χ3n) is 4.62. The predicted octanol–water partition coefficient (Wildman–Crippen LogP) is 4.28. The summed E-state index contributed by atoms with van der Waals surface area (Å²) >= 11 is 0. The monoisotopic (exact) mass is 418 g/mol. The molecule has 0 aliphatic heterocycles. The molecule has 158 valence electrons. The van der Waals surface area contributed by atoms with Gasteiger partial charge < -0.3 is 19.1 Å². The Morgan fingerprint density at radius 2 is 1.74 bits per heavy atom. The highest BCUT2D eigenvalue weighted by atomic mass is 16.4. The maximum atomic E-state index is 13.0. The minimum atomic E-state index is -0.717. The van der Waals surface area contributed by atoms with Crippen molar-refractivity contribution in [2.45, 2.75) is 26.4 Å². The molecule has 2 aromatic heterocycles. The first kappa shape index (κ1) is 20.2. The van der Waals surface area contributed by atoms with Crippen LogP contribution < -0.4 is 16.0 Å². The van der Waals surface area contributed by atoms with E-state index in [4.69, 9.17) is 8.83 Å². The zero-order valence-electron chi connectivity index (χ0n) is 17.2. The van der Waals surface area contributed by atoms with Gasteiger partial charge in [0, 0.05) is 23.1 Å². The van der Waals surface area contributed by atoms with Gasteiger partial charge in [-0.3, -0.25) is 4.79 Å². The van der Waals surface area contributed by atoms with E-state index in [1.165, 1.54) is 6.26 Å². The highest BCUT2D eigenvalue weighted by molar-refractivity contribution is 5.93. The molecule has 0 radical (unpaired) electrons. The summed E-state index contributed by atoms with van der Waals surface area (Å²) in [5, 5.41) is 7.39. The molecule has 0 unspecified atom stereocenters. The molecule has 0 aliphatic rings. The smallest absolute Gasteiger partial charge is 0.437 e. The van der Waals surface area contributed by atoms with Crippen LogP contribution in [-0.4, -0.2) is 21.7 Å². The van der Waals surface area contributed by atoms with Gasteiger partial charge in [0.15, 0.2) is 5.76 Å². The van der Waals surface area contributed by atoms with E-state index < -0.39 is 5.76 Å². The fourth-order valence-electron chi connectivity index (χ4n) is 3.23. The average molecular weight is 418 g/mol. The molecule has 8 nitrogen and oxygen atoms in total. The number of amides is 1. The summed E-state index contributed by atoms with van der Waals surface area (Å²) in [6, 6.07) is 20.5. The molecule has 31 heavy (non-hydrogen) atoms. The lowest BCUT2D eigenvalue weighted by molar-refractivity contribution is -0.119. The number of hydrogen-bond donors (Lipinski definition) is 1. The van der Waals surface area contributed by atoms with Gasteiger partial charge in [0.25, 0.3) is 5.89 Å². The van der Waals surface area contributed by atoms with Gasteiger partial charge in [-0.2, -0.15) is 4.68 Å². The lowest BCUT2D eigenvalue weighted by Gasteiger charge is -2.27. The fraction of sp³-hybridized carbons (Fsp3) is 0.174. The first-order valence-corrected chi connectivity index (χ1v) is 9.87. The van der Waals surface area contributed by atoms with Crippen LogP contribution in [0, 0.1) is 0 Å². The number of carbonyl (C=O) groups excluding carboxylic acids is 1. The van der Waals surface area contributed by atoms with Gasteiger partial charge in [0.1, 0.15) is 6.54 Å². The zero-order chi connectivity index (χ0) is 21.8. The minimum absolute atomic E-state index is 0.0373. The summed E-state index contributed by atoms with van der Waals surface area (Å²) in [7, 11) is 0. The quantitative estimate of drug-likeness (QED) is 0.481. The Kier molecular flexibility index (Phi) is 5.70. The largest absolute Gasteiger partial charge is 0.459 e. The number of furan rings is 1. The maximum absolute atomic E-state index is 13.0. The number of aromatic nitrogens is 2. The first-order chi connectivity index (χ1) is 15.0. The van der Waals surface area contributed by atoms with Crippen LogP contribution in [-0.2, 0) is 11.3 Å². The molecule has 0 aliphatic carbocycles. The molecule has 0 saturated carbocycles. The molecule has 4 aromatic rings. The van der Waals surface area contributed by atoms with E-state index in [0.29, 0.717) is 5.76 Å². The van der Waals surface area contributed by atoms with E-state index in [9.17, 15) is 9.59 Å². The van der Waals surface area contributed by atoms with E-state index in [1.807, 2.05) is 68.4 Å². The molecule has 2 heterocycles. The molecular weight excluding hydrogens is 396 g/mol. The minimum Gasteiger partial charge on any atom is -0.459 e. The standard InChI is InChI=1S/C23H22N4O4/c1-16(2)27(19-12-10-18(11-13-19)24-17-7-4-3-5-8-17)21(28)15-26-23(29)31-22(25-26)20-9-6-14-30-20/h3-14,16,24H,15H2,1-2H3. The Balaban J connectivity index is 1.51. The second-order valence-corrected chi connectivity index (χ2v) is 7.20. The lowest BCUT2D eigenvalue weighted by Crippen LogP contribution is -2.40. The van der Waals surface area contributed by atoms with Crippen LogP contribution >= 0.6 is 0 Å². The van der Waals surface area contributed by atoms with E-state index in [1.54, 1.807) is 17.0 Å². The number of benzene rings is 2.